The van der Waals surface area contributed by atoms with Crippen molar-refractivity contribution in [1.29, 1.82) is 0 Å². The Balaban J connectivity index is 2.04. The number of allylic oxidation sites excluding steroid dienone is 2. The lowest BCUT2D eigenvalue weighted by molar-refractivity contribution is -0.141. The van der Waals surface area contributed by atoms with Crippen molar-refractivity contribution in [1.82, 2.24) is 0 Å². The minimum Gasteiger partial charge on any atom is -0.462 e. The van der Waals surface area contributed by atoms with Crippen LogP contribution in [0, 0.1) is 11.8 Å². The SMILES string of the molecule is CC1(OC=O)C[C@H]2CC=CC[C@H]2C1. The first-order valence-electron chi connectivity index (χ1n) is 5.00. The highest BCUT2D eigenvalue weighted by atomic mass is 16.5. The first-order valence-corrected chi connectivity index (χ1v) is 5.00. The van der Waals surface area contributed by atoms with Crippen LogP contribution in [0.4, 0.5) is 0 Å². The first-order chi connectivity index (χ1) is 6.23. The Morgan fingerprint density at radius 3 is 2.31 bits per heavy atom. The molecule has 0 amide bonds. The predicted molar refractivity (Wildman–Crippen MR) is 50.1 cm³/mol. The lowest BCUT2D eigenvalue weighted by Crippen LogP contribution is -2.24. The van der Waals surface area contributed by atoms with E-state index in [9.17, 15) is 4.79 Å². The molecule has 2 heteroatoms. The quantitative estimate of drug-likeness (QED) is 0.481. The molecular formula is C11H16O2. The van der Waals surface area contributed by atoms with Crippen LogP contribution < -0.4 is 0 Å². The fourth-order valence-electron chi connectivity index (χ4n) is 2.83. The third kappa shape index (κ3) is 1.62. The van der Waals surface area contributed by atoms with Gasteiger partial charge in [-0.3, -0.25) is 4.79 Å². The van der Waals surface area contributed by atoms with E-state index in [1.807, 2.05) is 0 Å². The van der Waals surface area contributed by atoms with Crippen molar-refractivity contribution in [2.24, 2.45) is 11.8 Å². The summed E-state index contributed by atoms with van der Waals surface area (Å²) < 4.78 is 5.17. The monoisotopic (exact) mass is 180 g/mol. The molecule has 0 aromatic rings. The van der Waals surface area contributed by atoms with Crippen LogP contribution in [0.25, 0.3) is 0 Å². The van der Waals surface area contributed by atoms with Gasteiger partial charge in [-0.1, -0.05) is 12.2 Å². The molecule has 1 fully saturated rings. The van der Waals surface area contributed by atoms with Gasteiger partial charge in [0.1, 0.15) is 5.60 Å². The van der Waals surface area contributed by atoms with E-state index in [0.29, 0.717) is 6.47 Å². The Morgan fingerprint density at radius 1 is 1.31 bits per heavy atom. The molecule has 2 nitrogen and oxygen atoms in total. The first kappa shape index (κ1) is 8.79. The van der Waals surface area contributed by atoms with Gasteiger partial charge >= 0.3 is 0 Å². The van der Waals surface area contributed by atoms with Gasteiger partial charge in [0.15, 0.2) is 0 Å². The Morgan fingerprint density at radius 2 is 1.85 bits per heavy atom. The number of hydrogen-bond acceptors (Lipinski definition) is 2. The molecule has 0 aromatic carbocycles. The maximum absolute atomic E-state index is 10.3. The van der Waals surface area contributed by atoms with Gasteiger partial charge in [0, 0.05) is 0 Å². The minimum absolute atomic E-state index is 0.177. The Hall–Kier alpha value is -0.790. The molecule has 2 aliphatic rings. The molecule has 1 saturated carbocycles. The average molecular weight is 180 g/mol. The Kier molecular flexibility index (Phi) is 2.14. The van der Waals surface area contributed by atoms with Gasteiger partial charge in [-0.15, -0.1) is 0 Å². The maximum Gasteiger partial charge on any atom is 0.293 e. The molecule has 0 spiro atoms. The molecule has 0 aliphatic heterocycles. The van der Waals surface area contributed by atoms with Crippen LogP contribution in [0.1, 0.15) is 32.6 Å². The second kappa shape index (κ2) is 3.17. The van der Waals surface area contributed by atoms with E-state index < -0.39 is 0 Å². The third-order valence-corrected chi connectivity index (χ3v) is 3.43. The van der Waals surface area contributed by atoms with Crippen molar-refractivity contribution in [3.63, 3.8) is 0 Å². The second-order valence-electron chi connectivity index (χ2n) is 4.54. The molecule has 0 aromatic heterocycles. The largest absolute Gasteiger partial charge is 0.462 e. The molecule has 1 unspecified atom stereocenters. The molecule has 2 aliphatic carbocycles. The van der Waals surface area contributed by atoms with E-state index in [1.54, 1.807) is 0 Å². The van der Waals surface area contributed by atoms with Crippen molar-refractivity contribution in [2.75, 3.05) is 0 Å². The summed E-state index contributed by atoms with van der Waals surface area (Å²) in [7, 11) is 0. The van der Waals surface area contributed by atoms with Crippen LogP contribution in [-0.4, -0.2) is 12.1 Å². The Labute approximate surface area is 79.0 Å². The van der Waals surface area contributed by atoms with Gasteiger partial charge in [0.2, 0.25) is 0 Å². The number of hydrogen-bond donors (Lipinski definition) is 0. The summed E-state index contributed by atoms with van der Waals surface area (Å²) in [6.07, 6.45) is 8.94. The maximum atomic E-state index is 10.3. The average Bonchev–Trinajstić information content (AvgIpc) is 2.40. The lowest BCUT2D eigenvalue weighted by Gasteiger charge is -2.21. The summed E-state index contributed by atoms with van der Waals surface area (Å²) in [5, 5.41) is 0. The summed E-state index contributed by atoms with van der Waals surface area (Å²) in [6.45, 7) is 2.66. The van der Waals surface area contributed by atoms with E-state index in [-0.39, 0.29) is 5.60 Å². The van der Waals surface area contributed by atoms with Crippen LogP contribution in [0.3, 0.4) is 0 Å². The zero-order chi connectivity index (χ0) is 9.31. The normalized spacial score (nSPS) is 42.8. The fourth-order valence-corrected chi connectivity index (χ4v) is 2.83. The van der Waals surface area contributed by atoms with Gasteiger partial charge in [0.05, 0.1) is 0 Å². The van der Waals surface area contributed by atoms with Gasteiger partial charge in [-0.25, -0.2) is 0 Å². The lowest BCUT2D eigenvalue weighted by atomic mass is 9.86. The van der Waals surface area contributed by atoms with Crippen LogP contribution >= 0.6 is 0 Å². The highest BCUT2D eigenvalue weighted by Crippen LogP contribution is 2.46. The van der Waals surface area contributed by atoms with E-state index in [2.05, 4.69) is 19.1 Å². The standard InChI is InChI=1S/C11H16O2/c1-11(13-8-12)6-9-4-2-3-5-10(9)7-11/h2-3,8-10H,4-7H2,1H3/t9-,10+,11?. The molecule has 0 saturated heterocycles. The molecule has 3 atom stereocenters. The minimum atomic E-state index is -0.177. The van der Waals surface area contributed by atoms with Crippen LogP contribution in [0.5, 0.6) is 0 Å². The van der Waals surface area contributed by atoms with Crippen LogP contribution in [0.15, 0.2) is 12.2 Å². The summed E-state index contributed by atoms with van der Waals surface area (Å²) in [4.78, 5) is 10.3. The number of carbonyl (C=O) groups is 1. The van der Waals surface area contributed by atoms with Crippen LogP contribution in [-0.2, 0) is 9.53 Å². The smallest absolute Gasteiger partial charge is 0.293 e. The van der Waals surface area contributed by atoms with Crippen molar-refractivity contribution >= 4 is 6.47 Å². The van der Waals surface area contributed by atoms with Gasteiger partial charge in [0.25, 0.3) is 6.47 Å². The van der Waals surface area contributed by atoms with Crippen molar-refractivity contribution in [3.05, 3.63) is 12.2 Å². The highest BCUT2D eigenvalue weighted by molar-refractivity contribution is 5.38. The fraction of sp³-hybridized carbons (Fsp3) is 0.727. The number of carbonyl (C=O) groups excluding carboxylic acids is 1. The second-order valence-corrected chi connectivity index (χ2v) is 4.54. The number of fused-ring (bicyclic) bond motifs is 1. The highest BCUT2D eigenvalue weighted by Gasteiger charge is 2.43. The predicted octanol–water partition coefficient (Wildman–Crippen LogP) is 2.29. The molecule has 0 bridgehead atoms. The molecule has 13 heavy (non-hydrogen) atoms. The van der Waals surface area contributed by atoms with E-state index in [1.165, 1.54) is 12.8 Å². The van der Waals surface area contributed by atoms with E-state index in [4.69, 9.17) is 4.74 Å². The van der Waals surface area contributed by atoms with Crippen molar-refractivity contribution < 1.29 is 9.53 Å². The van der Waals surface area contributed by atoms with Crippen molar-refractivity contribution in [2.45, 2.75) is 38.2 Å². The zero-order valence-corrected chi connectivity index (χ0v) is 8.03. The molecule has 0 radical (unpaired) electrons. The van der Waals surface area contributed by atoms with Gasteiger partial charge in [-0.2, -0.15) is 0 Å². The summed E-state index contributed by atoms with van der Waals surface area (Å²) in [6, 6.07) is 0. The summed E-state index contributed by atoms with van der Waals surface area (Å²) in [5.74, 6) is 1.49. The Bertz CT molecular complexity index is 216. The zero-order valence-electron chi connectivity index (χ0n) is 8.03. The van der Waals surface area contributed by atoms with E-state index in [0.717, 1.165) is 24.7 Å². The molecule has 0 heterocycles. The van der Waals surface area contributed by atoms with Gasteiger partial charge < -0.3 is 4.74 Å². The summed E-state index contributed by atoms with van der Waals surface area (Å²) in [5.41, 5.74) is -0.177. The number of ether oxygens (including phenoxy) is 1. The summed E-state index contributed by atoms with van der Waals surface area (Å²) >= 11 is 0. The third-order valence-electron chi connectivity index (χ3n) is 3.43. The molecule has 0 N–H and O–H groups in total. The van der Waals surface area contributed by atoms with Crippen LogP contribution in [0.2, 0.25) is 0 Å². The van der Waals surface area contributed by atoms with E-state index >= 15 is 0 Å². The molecular weight excluding hydrogens is 164 g/mol. The topological polar surface area (TPSA) is 26.3 Å². The molecule has 72 valence electrons. The molecule has 2 rings (SSSR count). The van der Waals surface area contributed by atoms with Gasteiger partial charge in [-0.05, 0) is 44.4 Å². The van der Waals surface area contributed by atoms with Crippen molar-refractivity contribution in [3.8, 4) is 0 Å². The number of rotatable bonds is 2.